The van der Waals surface area contributed by atoms with Crippen molar-refractivity contribution in [3.63, 3.8) is 0 Å². The summed E-state index contributed by atoms with van der Waals surface area (Å²) in [7, 11) is 1.62. The van der Waals surface area contributed by atoms with E-state index in [0.29, 0.717) is 0 Å². The lowest BCUT2D eigenvalue weighted by Crippen LogP contribution is -2.01. The van der Waals surface area contributed by atoms with Crippen molar-refractivity contribution in [1.29, 1.82) is 0 Å². The second kappa shape index (κ2) is 7.80. The van der Waals surface area contributed by atoms with E-state index in [1.807, 2.05) is 46.0 Å². The molecule has 8 nitrogen and oxygen atoms in total. The molecule has 4 rings (SSSR count). The van der Waals surface area contributed by atoms with Gasteiger partial charge in [0.25, 0.3) is 5.69 Å². The highest BCUT2D eigenvalue weighted by Crippen LogP contribution is 2.36. The summed E-state index contributed by atoms with van der Waals surface area (Å²) in [5.74, 6) is 0.748. The van der Waals surface area contributed by atoms with Crippen molar-refractivity contribution in [2.45, 2.75) is 5.03 Å². The van der Waals surface area contributed by atoms with Gasteiger partial charge in [-0.25, -0.2) is 9.67 Å². The molecule has 0 saturated carbocycles. The van der Waals surface area contributed by atoms with E-state index in [1.54, 1.807) is 31.8 Å². The Bertz CT molecular complexity index is 1140. The van der Waals surface area contributed by atoms with E-state index in [1.165, 1.54) is 23.9 Å². The second-order valence-corrected chi connectivity index (χ2v) is 6.89. The van der Waals surface area contributed by atoms with Gasteiger partial charge in [-0.15, -0.1) is 11.8 Å². The lowest BCUT2D eigenvalue weighted by atomic mass is 10.1. The number of benzene rings is 2. The summed E-state index contributed by atoms with van der Waals surface area (Å²) in [4.78, 5) is 14.8. The van der Waals surface area contributed by atoms with Crippen LogP contribution in [-0.4, -0.2) is 37.6 Å². The van der Waals surface area contributed by atoms with E-state index >= 15 is 0 Å². The van der Waals surface area contributed by atoms with Gasteiger partial charge in [0, 0.05) is 30.1 Å². The number of ether oxygens (including phenoxy) is 1. The molecule has 0 fully saturated rings. The first-order chi connectivity index (χ1) is 14.1. The third-order valence-corrected chi connectivity index (χ3v) is 5.12. The summed E-state index contributed by atoms with van der Waals surface area (Å²) >= 11 is 1.52. The number of nitrogens with zero attached hydrogens (tertiary/aromatic N) is 5. The molecule has 2 heterocycles. The maximum Gasteiger partial charge on any atom is 0.269 e. The molecular formula is C20H17N5O3S. The molecule has 4 aromatic rings. The zero-order chi connectivity index (χ0) is 20.4. The van der Waals surface area contributed by atoms with Crippen molar-refractivity contribution in [2.24, 2.45) is 0 Å². The maximum absolute atomic E-state index is 11.1. The molecule has 0 spiro atoms. The van der Waals surface area contributed by atoms with E-state index < -0.39 is 4.92 Å². The molecule has 0 radical (unpaired) electrons. The fourth-order valence-corrected chi connectivity index (χ4v) is 3.62. The highest BCUT2D eigenvalue weighted by molar-refractivity contribution is 7.98. The van der Waals surface area contributed by atoms with E-state index in [4.69, 9.17) is 9.84 Å². The number of hydrogen-bond acceptors (Lipinski definition) is 6. The molecule has 146 valence electrons. The molecule has 0 aliphatic rings. The highest BCUT2D eigenvalue weighted by atomic mass is 32.2. The van der Waals surface area contributed by atoms with E-state index in [2.05, 4.69) is 4.98 Å². The molecule has 0 bridgehead atoms. The summed E-state index contributed by atoms with van der Waals surface area (Å²) in [5, 5.41) is 16.7. The Morgan fingerprint density at radius 2 is 1.83 bits per heavy atom. The quantitative estimate of drug-likeness (QED) is 0.268. The topological polar surface area (TPSA) is 88.0 Å². The minimum absolute atomic E-state index is 0.0403. The number of nitro groups is 1. The number of thioether (sulfide) groups is 1. The standard InChI is InChI=1S/C20H17N5O3S/c1-28-17-9-7-15(8-10-17)24-18(14-3-5-16(6-4-14)25(26)27)19(20(22-24)29-2)23-12-11-21-13-23/h3-13H,1-2H3. The SMILES string of the molecule is COc1ccc(-n2nc(SC)c(-n3ccnc3)c2-c2ccc([N+](=O)[O-])cc2)cc1. The van der Waals surface area contributed by atoms with Crippen molar-refractivity contribution in [3.8, 4) is 28.4 Å². The molecule has 2 aromatic heterocycles. The van der Waals surface area contributed by atoms with Gasteiger partial charge in [-0.2, -0.15) is 5.10 Å². The Morgan fingerprint density at radius 1 is 1.10 bits per heavy atom. The second-order valence-electron chi connectivity index (χ2n) is 6.09. The van der Waals surface area contributed by atoms with E-state index in [0.717, 1.165) is 33.4 Å². The molecular weight excluding hydrogens is 390 g/mol. The molecule has 2 aromatic carbocycles. The molecule has 0 atom stereocenters. The van der Waals surface area contributed by atoms with Crippen LogP contribution in [0, 0.1) is 10.1 Å². The van der Waals surface area contributed by atoms with Crippen LogP contribution in [0.2, 0.25) is 0 Å². The summed E-state index contributed by atoms with van der Waals surface area (Å²) in [6, 6.07) is 14.0. The Hall–Kier alpha value is -3.59. The molecule has 0 unspecified atom stereocenters. The predicted octanol–water partition coefficient (Wildman–Crippen LogP) is 4.36. The Kier molecular flexibility index (Phi) is 5.05. The first kappa shape index (κ1) is 18.8. The molecule has 9 heteroatoms. The van der Waals surface area contributed by atoms with E-state index in [9.17, 15) is 10.1 Å². The number of non-ortho nitro benzene ring substituents is 1. The molecule has 0 aliphatic heterocycles. The first-order valence-corrected chi connectivity index (χ1v) is 9.89. The monoisotopic (exact) mass is 407 g/mol. The van der Waals surface area contributed by atoms with Crippen molar-refractivity contribution in [2.75, 3.05) is 13.4 Å². The molecule has 0 amide bonds. The Balaban J connectivity index is 1.96. The van der Waals surface area contributed by atoms with Gasteiger partial charge < -0.3 is 9.30 Å². The average Bonchev–Trinajstić information content (AvgIpc) is 3.41. The Morgan fingerprint density at radius 3 is 2.38 bits per heavy atom. The maximum atomic E-state index is 11.1. The van der Waals surface area contributed by atoms with Gasteiger partial charge in [0.05, 0.1) is 29.7 Å². The fraction of sp³-hybridized carbons (Fsp3) is 0.100. The fourth-order valence-electron chi connectivity index (χ4n) is 3.06. The van der Waals surface area contributed by atoms with Gasteiger partial charge >= 0.3 is 0 Å². The molecule has 0 N–H and O–H groups in total. The van der Waals surface area contributed by atoms with Crippen molar-refractivity contribution < 1.29 is 9.66 Å². The highest BCUT2D eigenvalue weighted by Gasteiger charge is 2.22. The van der Waals surface area contributed by atoms with Crippen LogP contribution in [0.25, 0.3) is 22.6 Å². The zero-order valence-electron chi connectivity index (χ0n) is 15.7. The van der Waals surface area contributed by atoms with Gasteiger partial charge in [0.1, 0.15) is 16.5 Å². The van der Waals surface area contributed by atoms with Gasteiger partial charge in [-0.05, 0) is 42.7 Å². The predicted molar refractivity (Wildman–Crippen MR) is 111 cm³/mol. The van der Waals surface area contributed by atoms with Crippen LogP contribution in [0.4, 0.5) is 5.69 Å². The van der Waals surface area contributed by atoms with Crippen molar-refractivity contribution >= 4 is 17.4 Å². The molecule has 0 aliphatic carbocycles. The normalized spacial score (nSPS) is 10.8. The Labute approximate surface area is 170 Å². The van der Waals surface area contributed by atoms with Crippen LogP contribution in [0.15, 0.2) is 72.3 Å². The minimum Gasteiger partial charge on any atom is -0.497 e. The van der Waals surface area contributed by atoms with Gasteiger partial charge in [0.15, 0.2) is 0 Å². The summed E-state index contributed by atoms with van der Waals surface area (Å²) < 4.78 is 8.99. The minimum atomic E-state index is -0.408. The summed E-state index contributed by atoms with van der Waals surface area (Å²) in [6.45, 7) is 0. The summed E-state index contributed by atoms with van der Waals surface area (Å²) in [6.07, 6.45) is 7.23. The van der Waals surface area contributed by atoms with Crippen LogP contribution >= 0.6 is 11.8 Å². The number of rotatable bonds is 6. The lowest BCUT2D eigenvalue weighted by Gasteiger charge is -2.11. The number of imidazole rings is 1. The van der Waals surface area contributed by atoms with Gasteiger partial charge in [0.2, 0.25) is 0 Å². The van der Waals surface area contributed by atoms with Crippen LogP contribution in [0.3, 0.4) is 0 Å². The lowest BCUT2D eigenvalue weighted by molar-refractivity contribution is -0.384. The third-order valence-electron chi connectivity index (χ3n) is 4.45. The van der Waals surface area contributed by atoms with Crippen LogP contribution in [0.1, 0.15) is 0 Å². The van der Waals surface area contributed by atoms with Crippen molar-refractivity contribution in [3.05, 3.63) is 77.4 Å². The largest absolute Gasteiger partial charge is 0.497 e. The van der Waals surface area contributed by atoms with Gasteiger partial charge in [-0.3, -0.25) is 10.1 Å². The van der Waals surface area contributed by atoms with Crippen LogP contribution in [0.5, 0.6) is 5.75 Å². The first-order valence-electron chi connectivity index (χ1n) is 8.67. The smallest absolute Gasteiger partial charge is 0.269 e. The number of hydrogen-bond donors (Lipinski definition) is 0. The number of nitro benzene ring substituents is 1. The van der Waals surface area contributed by atoms with Crippen LogP contribution < -0.4 is 4.74 Å². The van der Waals surface area contributed by atoms with Crippen LogP contribution in [-0.2, 0) is 0 Å². The molecule has 29 heavy (non-hydrogen) atoms. The summed E-state index contributed by atoms with van der Waals surface area (Å²) in [5.41, 5.74) is 3.37. The third kappa shape index (κ3) is 3.47. The zero-order valence-corrected chi connectivity index (χ0v) is 16.5. The van der Waals surface area contributed by atoms with E-state index in [-0.39, 0.29) is 5.69 Å². The van der Waals surface area contributed by atoms with Gasteiger partial charge in [-0.1, -0.05) is 0 Å². The number of methoxy groups -OCH3 is 1. The molecule has 0 saturated heterocycles. The number of aromatic nitrogens is 4. The van der Waals surface area contributed by atoms with Crippen molar-refractivity contribution in [1.82, 2.24) is 19.3 Å². The average molecular weight is 407 g/mol.